The van der Waals surface area contributed by atoms with E-state index in [9.17, 15) is 14.8 Å². The Bertz CT molecular complexity index is 1210. The first-order valence-corrected chi connectivity index (χ1v) is 8.98. The van der Waals surface area contributed by atoms with Gasteiger partial charge in [-0.05, 0) is 30.7 Å². The van der Waals surface area contributed by atoms with E-state index in [1.54, 1.807) is 18.6 Å². The molecular weight excluding hydrogens is 374 g/mol. The molecular formula is C19H19N7O3. The molecule has 10 nitrogen and oxygen atoms in total. The van der Waals surface area contributed by atoms with Gasteiger partial charge in [-0.1, -0.05) is 5.18 Å². The standard InChI is InChI=1S/C19H19N7O3/c1-11-6-13(26-5-4-20-10-26)7-15-17(11)25-18(24-15)16-14(2-3-21-19(16)28)23-12(9-27)8-22-29/h2-7,10,12,27H,8-9H2,1H3,(H,24,25)(H2,21,23,28). The highest BCUT2D eigenvalue weighted by atomic mass is 16.3. The molecule has 1 aromatic carbocycles. The lowest BCUT2D eigenvalue weighted by Gasteiger charge is -2.16. The van der Waals surface area contributed by atoms with E-state index in [1.165, 1.54) is 6.20 Å². The highest BCUT2D eigenvalue weighted by molar-refractivity contribution is 5.86. The lowest BCUT2D eigenvalue weighted by molar-refractivity contribution is 0.276. The van der Waals surface area contributed by atoms with Gasteiger partial charge in [0, 0.05) is 24.3 Å². The molecule has 0 saturated carbocycles. The number of nitroso groups, excluding NO2 is 1. The van der Waals surface area contributed by atoms with Crippen LogP contribution in [0, 0.1) is 11.8 Å². The number of imidazole rings is 2. The molecule has 0 spiro atoms. The number of aromatic amines is 2. The number of hydrogen-bond acceptors (Lipinski definition) is 7. The molecule has 3 heterocycles. The summed E-state index contributed by atoms with van der Waals surface area (Å²) in [6.45, 7) is 1.51. The SMILES string of the molecule is Cc1cc(-n2ccnc2)cc2[nH]c(-c3c(NC(CO)CN=O)cc[nH]c3=O)nc12. The zero-order valence-corrected chi connectivity index (χ0v) is 15.6. The van der Waals surface area contributed by atoms with E-state index < -0.39 is 6.04 Å². The average Bonchev–Trinajstić information content (AvgIpc) is 3.37. The predicted molar refractivity (Wildman–Crippen MR) is 109 cm³/mol. The zero-order valence-electron chi connectivity index (χ0n) is 15.6. The van der Waals surface area contributed by atoms with Crippen molar-refractivity contribution in [3.05, 3.63) is 63.9 Å². The molecule has 0 aliphatic carbocycles. The third-order valence-electron chi connectivity index (χ3n) is 4.64. The molecule has 4 N–H and O–H groups in total. The van der Waals surface area contributed by atoms with Gasteiger partial charge in [-0.15, -0.1) is 0 Å². The molecule has 148 valence electrons. The number of aryl methyl sites for hydroxylation is 1. The van der Waals surface area contributed by atoms with Crippen molar-refractivity contribution < 1.29 is 5.11 Å². The third-order valence-corrected chi connectivity index (χ3v) is 4.64. The number of hydrogen-bond donors (Lipinski definition) is 4. The van der Waals surface area contributed by atoms with E-state index in [0.29, 0.717) is 11.5 Å². The number of anilines is 1. The van der Waals surface area contributed by atoms with E-state index >= 15 is 0 Å². The van der Waals surface area contributed by atoms with Gasteiger partial charge < -0.3 is 25.0 Å². The van der Waals surface area contributed by atoms with Crippen molar-refractivity contribution in [2.24, 2.45) is 5.18 Å². The fourth-order valence-electron chi connectivity index (χ4n) is 3.24. The minimum Gasteiger partial charge on any atom is -0.394 e. The number of nitrogens with one attached hydrogen (secondary N) is 3. The summed E-state index contributed by atoms with van der Waals surface area (Å²) in [6.07, 6.45) is 6.74. The average molecular weight is 393 g/mol. The number of rotatable bonds is 7. The van der Waals surface area contributed by atoms with Gasteiger partial charge in [-0.25, -0.2) is 9.97 Å². The first-order chi connectivity index (χ1) is 14.1. The Morgan fingerprint density at radius 1 is 1.38 bits per heavy atom. The summed E-state index contributed by atoms with van der Waals surface area (Å²) in [5, 5.41) is 15.3. The van der Waals surface area contributed by atoms with Crippen LogP contribution in [0.3, 0.4) is 0 Å². The van der Waals surface area contributed by atoms with Crippen LogP contribution in [0.1, 0.15) is 5.56 Å². The van der Waals surface area contributed by atoms with Gasteiger partial charge in [0.05, 0.1) is 35.7 Å². The number of H-pyrrole nitrogens is 2. The molecule has 0 saturated heterocycles. The van der Waals surface area contributed by atoms with E-state index in [-0.39, 0.29) is 24.3 Å². The molecule has 0 amide bonds. The summed E-state index contributed by atoms with van der Waals surface area (Å²) in [5.74, 6) is 0.381. The van der Waals surface area contributed by atoms with Crippen molar-refractivity contribution in [3.8, 4) is 17.1 Å². The second kappa shape index (κ2) is 7.68. The van der Waals surface area contributed by atoms with E-state index in [0.717, 1.165) is 22.3 Å². The number of pyridine rings is 1. The first-order valence-electron chi connectivity index (χ1n) is 8.98. The van der Waals surface area contributed by atoms with Crippen LogP contribution in [0.2, 0.25) is 0 Å². The summed E-state index contributed by atoms with van der Waals surface area (Å²) in [6, 6.07) is 4.96. The second-order valence-corrected chi connectivity index (χ2v) is 6.65. The van der Waals surface area contributed by atoms with Crippen LogP contribution < -0.4 is 10.9 Å². The normalized spacial score (nSPS) is 12.2. The Kier molecular flexibility index (Phi) is 4.92. The van der Waals surface area contributed by atoms with Crippen LogP contribution in [-0.4, -0.2) is 48.8 Å². The van der Waals surface area contributed by atoms with Crippen molar-refractivity contribution in [1.82, 2.24) is 24.5 Å². The summed E-state index contributed by atoms with van der Waals surface area (Å²) < 4.78 is 1.88. The fraction of sp³-hybridized carbons (Fsp3) is 0.211. The quantitative estimate of drug-likeness (QED) is 0.354. The first kappa shape index (κ1) is 18.6. The van der Waals surface area contributed by atoms with Crippen LogP contribution in [0.5, 0.6) is 0 Å². The van der Waals surface area contributed by atoms with Crippen molar-refractivity contribution >= 4 is 16.7 Å². The molecule has 3 aromatic heterocycles. The molecule has 4 aromatic rings. The summed E-state index contributed by atoms with van der Waals surface area (Å²) >= 11 is 0. The van der Waals surface area contributed by atoms with E-state index in [2.05, 4.69) is 30.4 Å². The Morgan fingerprint density at radius 3 is 2.97 bits per heavy atom. The van der Waals surface area contributed by atoms with Gasteiger partial charge in [0.15, 0.2) is 0 Å². The van der Waals surface area contributed by atoms with Gasteiger partial charge in [0.25, 0.3) is 5.56 Å². The Balaban J connectivity index is 1.82. The summed E-state index contributed by atoms with van der Waals surface area (Å²) in [4.78, 5) is 37.7. The minimum atomic E-state index is -0.605. The largest absolute Gasteiger partial charge is 0.394 e. The molecule has 1 atom stereocenters. The maximum Gasteiger partial charge on any atom is 0.261 e. The molecule has 0 fully saturated rings. The second-order valence-electron chi connectivity index (χ2n) is 6.65. The Morgan fingerprint density at radius 2 is 2.24 bits per heavy atom. The number of nitrogens with zero attached hydrogens (tertiary/aromatic N) is 4. The van der Waals surface area contributed by atoms with Crippen molar-refractivity contribution in [3.63, 3.8) is 0 Å². The van der Waals surface area contributed by atoms with Gasteiger partial charge in [-0.2, -0.15) is 4.91 Å². The lowest BCUT2D eigenvalue weighted by Crippen LogP contribution is -2.28. The molecule has 0 radical (unpaired) electrons. The monoisotopic (exact) mass is 393 g/mol. The number of aromatic nitrogens is 5. The van der Waals surface area contributed by atoms with Crippen molar-refractivity contribution in [2.75, 3.05) is 18.5 Å². The minimum absolute atomic E-state index is 0.129. The Hall–Kier alpha value is -3.79. The molecule has 10 heteroatoms. The number of aliphatic hydroxyl groups excluding tert-OH is 1. The smallest absolute Gasteiger partial charge is 0.261 e. The van der Waals surface area contributed by atoms with Crippen LogP contribution in [0.25, 0.3) is 28.1 Å². The van der Waals surface area contributed by atoms with Crippen LogP contribution in [0.15, 0.2) is 53.1 Å². The molecule has 0 bridgehead atoms. The topological polar surface area (TPSA) is 141 Å². The third kappa shape index (κ3) is 3.52. The molecule has 29 heavy (non-hydrogen) atoms. The van der Waals surface area contributed by atoms with Gasteiger partial charge in [-0.3, -0.25) is 4.79 Å². The maximum atomic E-state index is 12.6. The van der Waals surface area contributed by atoms with Gasteiger partial charge in [0.2, 0.25) is 0 Å². The molecule has 1 unspecified atom stereocenters. The lowest BCUT2D eigenvalue weighted by atomic mass is 10.2. The number of benzene rings is 1. The predicted octanol–water partition coefficient (Wildman–Crippen LogP) is 1.95. The number of aliphatic hydroxyl groups is 1. The van der Waals surface area contributed by atoms with E-state index in [1.807, 2.05) is 29.8 Å². The Labute approximate surface area is 164 Å². The van der Waals surface area contributed by atoms with Crippen LogP contribution >= 0.6 is 0 Å². The van der Waals surface area contributed by atoms with Crippen LogP contribution in [0.4, 0.5) is 5.69 Å². The molecule has 0 aliphatic rings. The highest BCUT2D eigenvalue weighted by Crippen LogP contribution is 2.27. The summed E-state index contributed by atoms with van der Waals surface area (Å²) in [7, 11) is 0. The van der Waals surface area contributed by atoms with Crippen molar-refractivity contribution in [2.45, 2.75) is 13.0 Å². The summed E-state index contributed by atoms with van der Waals surface area (Å²) in [5.41, 5.74) is 3.75. The number of fused-ring (bicyclic) bond motifs is 1. The molecule has 4 rings (SSSR count). The van der Waals surface area contributed by atoms with E-state index in [4.69, 9.17) is 0 Å². The zero-order chi connectivity index (χ0) is 20.4. The maximum absolute atomic E-state index is 12.6. The molecule has 0 aliphatic heterocycles. The van der Waals surface area contributed by atoms with Crippen molar-refractivity contribution in [1.29, 1.82) is 0 Å². The van der Waals surface area contributed by atoms with Gasteiger partial charge >= 0.3 is 0 Å². The fourth-order valence-corrected chi connectivity index (χ4v) is 3.24. The van der Waals surface area contributed by atoms with Gasteiger partial charge in [0.1, 0.15) is 17.9 Å². The van der Waals surface area contributed by atoms with Crippen LogP contribution in [-0.2, 0) is 0 Å². The highest BCUT2D eigenvalue weighted by Gasteiger charge is 2.18.